The van der Waals surface area contributed by atoms with Gasteiger partial charge in [-0.2, -0.15) is 0 Å². The fourth-order valence-corrected chi connectivity index (χ4v) is 2.53. The third-order valence-corrected chi connectivity index (χ3v) is 3.66. The Kier molecular flexibility index (Phi) is 4.04. The minimum atomic E-state index is -0.507. The van der Waals surface area contributed by atoms with Crippen molar-refractivity contribution in [2.75, 3.05) is 0 Å². The molecule has 0 spiro atoms. The van der Waals surface area contributed by atoms with E-state index < -0.39 is 10.5 Å². The molecule has 0 saturated heterocycles. The highest BCUT2D eigenvalue weighted by Gasteiger charge is 2.15. The highest BCUT2D eigenvalue weighted by Crippen LogP contribution is 2.33. The fraction of sp³-hybridized carbons (Fsp3) is 0.167. The van der Waals surface area contributed by atoms with E-state index in [9.17, 15) is 14.9 Å². The summed E-state index contributed by atoms with van der Waals surface area (Å²) >= 11 is 0. The van der Waals surface area contributed by atoms with Crippen LogP contribution in [-0.2, 0) is 0 Å². The second kappa shape index (κ2) is 6.16. The Morgan fingerprint density at radius 3 is 2.58 bits per heavy atom. The molecule has 0 saturated carbocycles. The van der Waals surface area contributed by atoms with Gasteiger partial charge in [-0.3, -0.25) is 10.1 Å². The predicted molar refractivity (Wildman–Crippen MR) is 89.7 cm³/mol. The van der Waals surface area contributed by atoms with Gasteiger partial charge in [0.2, 0.25) is 5.75 Å². The average molecular weight is 325 g/mol. The van der Waals surface area contributed by atoms with Gasteiger partial charge in [0.15, 0.2) is 0 Å². The van der Waals surface area contributed by atoms with Crippen LogP contribution >= 0.6 is 0 Å². The first-order valence-electron chi connectivity index (χ1n) is 7.45. The molecule has 0 atom stereocenters. The van der Waals surface area contributed by atoms with Gasteiger partial charge in [-0.25, -0.2) is 4.79 Å². The molecule has 0 N–H and O–H groups in total. The first kappa shape index (κ1) is 15.7. The van der Waals surface area contributed by atoms with Gasteiger partial charge < -0.3 is 9.15 Å². The van der Waals surface area contributed by atoms with Crippen molar-refractivity contribution in [1.29, 1.82) is 0 Å². The van der Waals surface area contributed by atoms with Gasteiger partial charge >= 0.3 is 11.3 Å². The number of benzene rings is 2. The minimum Gasteiger partial charge on any atom is -0.450 e. The molecule has 0 unspecified atom stereocenters. The lowest BCUT2D eigenvalue weighted by Gasteiger charge is -2.10. The van der Waals surface area contributed by atoms with E-state index in [2.05, 4.69) is 0 Å². The molecule has 6 heteroatoms. The smallest absolute Gasteiger partial charge is 0.336 e. The Labute approximate surface area is 137 Å². The number of rotatable bonds is 4. The Hall–Kier alpha value is -3.15. The van der Waals surface area contributed by atoms with Crippen LogP contribution in [0.15, 0.2) is 57.7 Å². The van der Waals surface area contributed by atoms with Crippen LogP contribution in [0.2, 0.25) is 0 Å². The van der Waals surface area contributed by atoms with Gasteiger partial charge in [0.25, 0.3) is 0 Å². The van der Waals surface area contributed by atoms with Crippen LogP contribution in [0.25, 0.3) is 11.0 Å². The van der Waals surface area contributed by atoms with Crippen LogP contribution in [0, 0.1) is 10.1 Å². The molecular formula is C18H15NO5. The first-order valence-corrected chi connectivity index (χ1v) is 7.45. The molecule has 0 fully saturated rings. The topological polar surface area (TPSA) is 82.6 Å². The summed E-state index contributed by atoms with van der Waals surface area (Å²) < 4.78 is 10.9. The number of para-hydroxylation sites is 2. The van der Waals surface area contributed by atoms with E-state index in [-0.39, 0.29) is 17.4 Å². The second-order valence-corrected chi connectivity index (χ2v) is 5.66. The van der Waals surface area contributed by atoms with Crippen molar-refractivity contribution in [2.45, 2.75) is 19.8 Å². The van der Waals surface area contributed by atoms with Gasteiger partial charge in [-0.1, -0.05) is 26.0 Å². The summed E-state index contributed by atoms with van der Waals surface area (Å²) in [6.45, 7) is 3.98. The van der Waals surface area contributed by atoms with Crippen LogP contribution in [-0.4, -0.2) is 4.92 Å². The second-order valence-electron chi connectivity index (χ2n) is 5.66. The SMILES string of the molecule is CC(C)c1cc(=O)oc2cc(Oc3ccccc3[N+](=O)[O-])ccc12. The number of nitro benzene ring substituents is 1. The summed E-state index contributed by atoms with van der Waals surface area (Å²) in [7, 11) is 0. The van der Waals surface area contributed by atoms with Gasteiger partial charge in [0, 0.05) is 23.6 Å². The molecule has 2 aromatic carbocycles. The van der Waals surface area contributed by atoms with E-state index in [0.29, 0.717) is 11.3 Å². The molecule has 3 rings (SSSR count). The lowest BCUT2D eigenvalue weighted by molar-refractivity contribution is -0.385. The average Bonchev–Trinajstić information content (AvgIpc) is 2.54. The van der Waals surface area contributed by atoms with Crippen molar-refractivity contribution < 1.29 is 14.1 Å². The van der Waals surface area contributed by atoms with E-state index in [1.807, 2.05) is 13.8 Å². The Balaban J connectivity index is 2.07. The number of nitrogens with zero attached hydrogens (tertiary/aromatic N) is 1. The Morgan fingerprint density at radius 2 is 1.88 bits per heavy atom. The molecule has 24 heavy (non-hydrogen) atoms. The van der Waals surface area contributed by atoms with Crippen molar-refractivity contribution in [1.82, 2.24) is 0 Å². The van der Waals surface area contributed by atoms with Crippen LogP contribution < -0.4 is 10.4 Å². The molecule has 3 aromatic rings. The molecule has 1 heterocycles. The zero-order valence-corrected chi connectivity index (χ0v) is 13.2. The molecule has 0 aliphatic rings. The molecule has 0 aliphatic heterocycles. The molecular weight excluding hydrogens is 310 g/mol. The van der Waals surface area contributed by atoms with E-state index in [1.54, 1.807) is 30.3 Å². The van der Waals surface area contributed by atoms with Gasteiger partial charge in [-0.15, -0.1) is 0 Å². The summed E-state index contributed by atoms with van der Waals surface area (Å²) in [5, 5.41) is 11.9. The standard InChI is InChI=1S/C18H15NO5/c1-11(2)14-10-18(20)24-17-9-12(7-8-13(14)17)23-16-6-4-3-5-15(16)19(21)22/h3-11H,1-2H3. The zero-order valence-electron chi connectivity index (χ0n) is 13.2. The predicted octanol–water partition coefficient (Wildman–Crippen LogP) is 4.62. The van der Waals surface area contributed by atoms with Crippen molar-refractivity contribution in [3.05, 3.63) is 74.6 Å². The van der Waals surface area contributed by atoms with Crippen LogP contribution in [0.5, 0.6) is 11.5 Å². The minimum absolute atomic E-state index is 0.129. The molecule has 6 nitrogen and oxygen atoms in total. The maximum atomic E-state index is 11.7. The maximum Gasteiger partial charge on any atom is 0.336 e. The number of nitro groups is 1. The first-order chi connectivity index (χ1) is 11.5. The summed E-state index contributed by atoms with van der Waals surface area (Å²) in [5.41, 5.74) is 0.713. The van der Waals surface area contributed by atoms with Gasteiger partial charge in [0.1, 0.15) is 11.3 Å². The quantitative estimate of drug-likeness (QED) is 0.397. The number of ether oxygens (including phenoxy) is 1. The van der Waals surface area contributed by atoms with E-state index in [0.717, 1.165) is 10.9 Å². The molecule has 0 bridgehead atoms. The van der Waals surface area contributed by atoms with Crippen molar-refractivity contribution in [3.63, 3.8) is 0 Å². The van der Waals surface area contributed by atoms with Crippen molar-refractivity contribution in [2.24, 2.45) is 0 Å². The molecule has 1 aromatic heterocycles. The van der Waals surface area contributed by atoms with Gasteiger partial charge in [0.05, 0.1) is 4.92 Å². The fourth-order valence-electron chi connectivity index (χ4n) is 2.53. The van der Waals surface area contributed by atoms with Crippen molar-refractivity contribution >= 4 is 16.7 Å². The van der Waals surface area contributed by atoms with E-state index in [1.165, 1.54) is 18.2 Å². The molecule has 122 valence electrons. The third-order valence-electron chi connectivity index (χ3n) is 3.66. The largest absolute Gasteiger partial charge is 0.450 e. The Bertz CT molecular complexity index is 975. The van der Waals surface area contributed by atoms with Crippen LogP contribution in [0.3, 0.4) is 0 Å². The maximum absolute atomic E-state index is 11.7. The number of hydrogen-bond acceptors (Lipinski definition) is 5. The summed E-state index contributed by atoms with van der Waals surface area (Å²) in [6, 6.07) is 12.6. The third kappa shape index (κ3) is 2.99. The summed E-state index contributed by atoms with van der Waals surface area (Å²) in [4.78, 5) is 22.3. The summed E-state index contributed by atoms with van der Waals surface area (Å²) in [5.74, 6) is 0.656. The van der Waals surface area contributed by atoms with E-state index >= 15 is 0 Å². The molecule has 0 radical (unpaired) electrons. The highest BCUT2D eigenvalue weighted by atomic mass is 16.6. The lowest BCUT2D eigenvalue weighted by atomic mass is 10.00. The van der Waals surface area contributed by atoms with Gasteiger partial charge in [-0.05, 0) is 29.7 Å². The monoisotopic (exact) mass is 325 g/mol. The van der Waals surface area contributed by atoms with Crippen LogP contribution in [0.4, 0.5) is 5.69 Å². The Morgan fingerprint density at radius 1 is 1.12 bits per heavy atom. The number of hydrogen-bond donors (Lipinski definition) is 0. The number of fused-ring (bicyclic) bond motifs is 1. The van der Waals surface area contributed by atoms with Crippen molar-refractivity contribution in [3.8, 4) is 11.5 Å². The molecule has 0 amide bonds. The lowest BCUT2D eigenvalue weighted by Crippen LogP contribution is -2.02. The van der Waals surface area contributed by atoms with E-state index in [4.69, 9.17) is 9.15 Å². The zero-order chi connectivity index (χ0) is 17.3. The highest BCUT2D eigenvalue weighted by molar-refractivity contribution is 5.82. The molecule has 0 aliphatic carbocycles. The van der Waals surface area contributed by atoms with Crippen LogP contribution in [0.1, 0.15) is 25.3 Å². The normalized spacial score (nSPS) is 11.0. The summed E-state index contributed by atoms with van der Waals surface area (Å²) in [6.07, 6.45) is 0.